The molecule has 1 aliphatic rings. The summed E-state index contributed by atoms with van der Waals surface area (Å²) < 4.78 is 5.11. The number of amides is 1. The summed E-state index contributed by atoms with van der Waals surface area (Å²) in [5, 5.41) is 3.02. The molecule has 1 saturated heterocycles. The molecular weight excluding hydrogens is 230 g/mol. The lowest BCUT2D eigenvalue weighted by molar-refractivity contribution is 0.0938. The van der Waals surface area contributed by atoms with Gasteiger partial charge in [0.1, 0.15) is 5.75 Å². The molecule has 3 N–H and O–H groups in total. The topological polar surface area (TPSA) is 67.6 Å². The van der Waals surface area contributed by atoms with Gasteiger partial charge in [-0.1, -0.05) is 0 Å². The zero-order chi connectivity index (χ0) is 13.1. The van der Waals surface area contributed by atoms with Crippen molar-refractivity contribution in [1.29, 1.82) is 0 Å². The van der Waals surface area contributed by atoms with Crippen LogP contribution in [0, 0.1) is 0 Å². The summed E-state index contributed by atoms with van der Waals surface area (Å²) in [5.41, 5.74) is 6.83. The van der Waals surface area contributed by atoms with E-state index in [1.807, 2.05) is 0 Å². The van der Waals surface area contributed by atoms with E-state index in [1.54, 1.807) is 25.3 Å². The van der Waals surface area contributed by atoms with Crippen LogP contribution in [0.5, 0.6) is 5.75 Å². The van der Waals surface area contributed by atoms with Crippen LogP contribution >= 0.6 is 0 Å². The Kier molecular flexibility index (Phi) is 3.72. The van der Waals surface area contributed by atoms with Gasteiger partial charge in [-0.15, -0.1) is 0 Å². The highest BCUT2D eigenvalue weighted by atomic mass is 16.5. The van der Waals surface area contributed by atoms with Gasteiger partial charge in [-0.3, -0.25) is 4.79 Å². The number of ether oxygens (including phenoxy) is 1. The quantitative estimate of drug-likeness (QED) is 0.774. The second kappa shape index (κ2) is 5.27. The first-order valence-electron chi connectivity index (χ1n) is 6.03. The van der Waals surface area contributed by atoms with E-state index in [1.165, 1.54) is 0 Å². The molecule has 0 spiro atoms. The fraction of sp³-hybridized carbons (Fsp3) is 0.462. The van der Waals surface area contributed by atoms with Gasteiger partial charge < -0.3 is 20.7 Å². The number of hydrogen-bond donors (Lipinski definition) is 2. The molecule has 1 aromatic carbocycles. The van der Waals surface area contributed by atoms with Crippen molar-refractivity contribution in [2.45, 2.75) is 12.5 Å². The van der Waals surface area contributed by atoms with Crippen LogP contribution in [-0.4, -0.2) is 44.1 Å². The fourth-order valence-electron chi connectivity index (χ4n) is 2.17. The molecule has 1 fully saturated rings. The molecule has 1 atom stereocenters. The van der Waals surface area contributed by atoms with Gasteiger partial charge in [0.15, 0.2) is 0 Å². The van der Waals surface area contributed by atoms with Gasteiger partial charge in [-0.2, -0.15) is 0 Å². The fourth-order valence-corrected chi connectivity index (χ4v) is 2.17. The molecule has 5 heteroatoms. The lowest BCUT2D eigenvalue weighted by atomic mass is 10.1. The number of carbonyl (C=O) groups is 1. The van der Waals surface area contributed by atoms with E-state index < -0.39 is 0 Å². The molecule has 1 unspecified atom stereocenters. The first-order valence-corrected chi connectivity index (χ1v) is 6.03. The zero-order valence-corrected chi connectivity index (χ0v) is 10.8. The highest BCUT2D eigenvalue weighted by Crippen LogP contribution is 2.22. The minimum Gasteiger partial charge on any atom is -0.495 e. The van der Waals surface area contributed by atoms with E-state index in [0.29, 0.717) is 17.0 Å². The smallest absolute Gasteiger partial charge is 0.251 e. The Hall–Kier alpha value is -1.75. The predicted octanol–water partition coefficient (Wildman–Crippen LogP) is 0.711. The highest BCUT2D eigenvalue weighted by Gasteiger charge is 2.21. The number of anilines is 1. The lowest BCUT2D eigenvalue weighted by Crippen LogP contribution is -2.36. The van der Waals surface area contributed by atoms with Crippen LogP contribution in [-0.2, 0) is 0 Å². The monoisotopic (exact) mass is 249 g/mol. The third-order valence-electron chi connectivity index (χ3n) is 3.22. The molecule has 1 amide bonds. The molecular formula is C13H19N3O2. The molecule has 0 aliphatic carbocycles. The number of nitrogens with two attached hydrogens (primary N) is 1. The van der Waals surface area contributed by atoms with Gasteiger partial charge in [0, 0.05) is 18.2 Å². The summed E-state index contributed by atoms with van der Waals surface area (Å²) in [4.78, 5) is 14.3. The number of nitrogens with zero attached hydrogens (tertiary/aromatic N) is 1. The van der Waals surface area contributed by atoms with Gasteiger partial charge in [0.25, 0.3) is 5.91 Å². The minimum absolute atomic E-state index is 0.0754. The SMILES string of the molecule is COc1cc(C(=O)NC2CCN(C)C2)ccc1N. The molecule has 0 saturated carbocycles. The number of benzene rings is 1. The predicted molar refractivity (Wildman–Crippen MR) is 70.8 cm³/mol. The van der Waals surface area contributed by atoms with Gasteiger partial charge in [0.2, 0.25) is 0 Å². The average Bonchev–Trinajstić information content (AvgIpc) is 2.75. The Morgan fingerprint density at radius 1 is 1.56 bits per heavy atom. The molecule has 18 heavy (non-hydrogen) atoms. The van der Waals surface area contributed by atoms with E-state index >= 15 is 0 Å². The number of likely N-dealkylation sites (N-methyl/N-ethyl adjacent to an activating group) is 1. The highest BCUT2D eigenvalue weighted by molar-refractivity contribution is 5.95. The maximum absolute atomic E-state index is 12.1. The minimum atomic E-state index is -0.0754. The van der Waals surface area contributed by atoms with Crippen LogP contribution in [0.4, 0.5) is 5.69 Å². The van der Waals surface area contributed by atoms with Crippen molar-refractivity contribution in [1.82, 2.24) is 10.2 Å². The summed E-state index contributed by atoms with van der Waals surface area (Å²) in [7, 11) is 3.59. The Labute approximate surface area is 107 Å². The Bertz CT molecular complexity index is 448. The maximum atomic E-state index is 12.1. The van der Waals surface area contributed by atoms with Crippen molar-refractivity contribution in [3.8, 4) is 5.75 Å². The van der Waals surface area contributed by atoms with Crippen LogP contribution in [0.2, 0.25) is 0 Å². The molecule has 1 aliphatic heterocycles. The molecule has 0 bridgehead atoms. The zero-order valence-electron chi connectivity index (χ0n) is 10.8. The van der Waals surface area contributed by atoms with Crippen LogP contribution in [0.15, 0.2) is 18.2 Å². The van der Waals surface area contributed by atoms with Gasteiger partial charge in [0.05, 0.1) is 12.8 Å². The van der Waals surface area contributed by atoms with E-state index in [0.717, 1.165) is 19.5 Å². The van der Waals surface area contributed by atoms with E-state index in [-0.39, 0.29) is 11.9 Å². The number of hydrogen-bond acceptors (Lipinski definition) is 4. The van der Waals surface area contributed by atoms with Crippen LogP contribution in [0.3, 0.4) is 0 Å². The van der Waals surface area contributed by atoms with Gasteiger partial charge >= 0.3 is 0 Å². The number of nitrogens with one attached hydrogen (secondary N) is 1. The van der Waals surface area contributed by atoms with Crippen molar-refractivity contribution >= 4 is 11.6 Å². The van der Waals surface area contributed by atoms with Crippen molar-refractivity contribution in [3.05, 3.63) is 23.8 Å². The molecule has 1 aromatic rings. The maximum Gasteiger partial charge on any atom is 0.251 e. The van der Waals surface area contributed by atoms with E-state index in [4.69, 9.17) is 10.5 Å². The van der Waals surface area contributed by atoms with E-state index in [2.05, 4.69) is 17.3 Å². The third kappa shape index (κ3) is 2.73. The normalized spacial score (nSPS) is 19.8. The summed E-state index contributed by atoms with van der Waals surface area (Å²) >= 11 is 0. The lowest BCUT2D eigenvalue weighted by Gasteiger charge is -2.13. The van der Waals surface area contributed by atoms with Crippen molar-refractivity contribution in [3.63, 3.8) is 0 Å². The van der Waals surface area contributed by atoms with Crippen molar-refractivity contribution in [2.75, 3.05) is 33.0 Å². The summed E-state index contributed by atoms with van der Waals surface area (Å²) in [6.07, 6.45) is 0.994. The number of nitrogen functional groups attached to an aromatic ring is 1. The van der Waals surface area contributed by atoms with Crippen molar-refractivity contribution in [2.24, 2.45) is 0 Å². The number of methoxy groups -OCH3 is 1. The Morgan fingerprint density at radius 2 is 2.33 bits per heavy atom. The van der Waals surface area contributed by atoms with Gasteiger partial charge in [-0.25, -0.2) is 0 Å². The number of carbonyl (C=O) groups excluding carboxylic acids is 1. The summed E-state index contributed by atoms with van der Waals surface area (Å²) in [5.74, 6) is 0.458. The second-order valence-corrected chi connectivity index (χ2v) is 4.68. The summed E-state index contributed by atoms with van der Waals surface area (Å²) in [6.45, 7) is 1.92. The molecule has 0 aromatic heterocycles. The largest absolute Gasteiger partial charge is 0.495 e. The first kappa shape index (κ1) is 12.7. The molecule has 98 valence electrons. The molecule has 1 heterocycles. The van der Waals surface area contributed by atoms with Gasteiger partial charge in [-0.05, 0) is 38.2 Å². The van der Waals surface area contributed by atoms with Crippen LogP contribution in [0.1, 0.15) is 16.8 Å². The Balaban J connectivity index is 2.04. The van der Waals surface area contributed by atoms with E-state index in [9.17, 15) is 4.79 Å². The summed E-state index contributed by atoms with van der Waals surface area (Å²) in [6, 6.07) is 5.30. The average molecular weight is 249 g/mol. The number of likely N-dealkylation sites (tertiary alicyclic amines) is 1. The number of rotatable bonds is 3. The first-order chi connectivity index (χ1) is 8.60. The molecule has 0 radical (unpaired) electrons. The van der Waals surface area contributed by atoms with Crippen LogP contribution in [0.25, 0.3) is 0 Å². The standard InChI is InChI=1S/C13H19N3O2/c1-16-6-5-10(8-16)15-13(17)9-3-4-11(14)12(7-9)18-2/h3-4,7,10H,5-6,8,14H2,1-2H3,(H,15,17). The van der Waals surface area contributed by atoms with Crippen LogP contribution < -0.4 is 15.8 Å². The van der Waals surface area contributed by atoms with Crippen molar-refractivity contribution < 1.29 is 9.53 Å². The molecule has 2 rings (SSSR count). The Morgan fingerprint density at radius 3 is 2.94 bits per heavy atom. The molecule has 5 nitrogen and oxygen atoms in total. The second-order valence-electron chi connectivity index (χ2n) is 4.68. The third-order valence-corrected chi connectivity index (χ3v) is 3.22.